The SMILES string of the molecule is CC(N)CCCC(C)C(=O)OCc1cccc(Br)c1. The van der Waals surface area contributed by atoms with E-state index in [1.807, 2.05) is 38.1 Å². The first kappa shape index (κ1) is 16.2. The van der Waals surface area contributed by atoms with Crippen molar-refractivity contribution < 1.29 is 9.53 Å². The van der Waals surface area contributed by atoms with Gasteiger partial charge in [-0.05, 0) is 37.5 Å². The van der Waals surface area contributed by atoms with E-state index in [-0.39, 0.29) is 17.9 Å². The smallest absolute Gasteiger partial charge is 0.308 e. The summed E-state index contributed by atoms with van der Waals surface area (Å²) in [4.78, 5) is 11.8. The Morgan fingerprint density at radius 3 is 2.74 bits per heavy atom. The molecule has 0 aliphatic rings. The topological polar surface area (TPSA) is 52.3 Å². The Morgan fingerprint density at radius 1 is 1.37 bits per heavy atom. The molecule has 3 nitrogen and oxygen atoms in total. The minimum absolute atomic E-state index is 0.0640. The Kier molecular flexibility index (Phi) is 7.10. The quantitative estimate of drug-likeness (QED) is 0.778. The summed E-state index contributed by atoms with van der Waals surface area (Å²) in [7, 11) is 0. The third-order valence-electron chi connectivity index (χ3n) is 2.97. The molecule has 2 atom stereocenters. The Hall–Kier alpha value is -0.870. The van der Waals surface area contributed by atoms with Crippen LogP contribution in [0.25, 0.3) is 0 Å². The molecule has 1 rings (SSSR count). The maximum absolute atomic E-state index is 11.8. The zero-order valence-electron chi connectivity index (χ0n) is 11.6. The summed E-state index contributed by atoms with van der Waals surface area (Å²) in [6, 6.07) is 7.97. The van der Waals surface area contributed by atoms with Gasteiger partial charge in [0.2, 0.25) is 0 Å². The molecular formula is C15H22BrNO2. The minimum Gasteiger partial charge on any atom is -0.461 e. The number of hydrogen-bond acceptors (Lipinski definition) is 3. The summed E-state index contributed by atoms with van der Waals surface area (Å²) in [5.74, 6) is -0.199. The number of benzene rings is 1. The van der Waals surface area contributed by atoms with Gasteiger partial charge >= 0.3 is 5.97 Å². The standard InChI is InChI=1S/C15H22BrNO2/c1-11(5-3-6-12(2)17)15(18)19-10-13-7-4-8-14(16)9-13/h4,7-9,11-12H,3,5-6,10,17H2,1-2H3. The lowest BCUT2D eigenvalue weighted by molar-refractivity contribution is -0.149. The van der Waals surface area contributed by atoms with Crippen molar-refractivity contribution in [2.75, 3.05) is 0 Å². The van der Waals surface area contributed by atoms with Gasteiger partial charge in [-0.2, -0.15) is 0 Å². The number of rotatable bonds is 7. The predicted molar refractivity (Wildman–Crippen MR) is 80.6 cm³/mol. The molecule has 0 aliphatic heterocycles. The van der Waals surface area contributed by atoms with Gasteiger partial charge in [0.1, 0.15) is 6.61 Å². The van der Waals surface area contributed by atoms with E-state index in [9.17, 15) is 4.79 Å². The number of hydrogen-bond donors (Lipinski definition) is 1. The molecule has 4 heteroatoms. The van der Waals surface area contributed by atoms with Crippen molar-refractivity contribution in [2.45, 2.75) is 45.8 Å². The fourth-order valence-electron chi connectivity index (χ4n) is 1.79. The third-order valence-corrected chi connectivity index (χ3v) is 3.46. The first-order valence-corrected chi connectivity index (χ1v) is 7.45. The lowest BCUT2D eigenvalue weighted by Gasteiger charge is -2.12. The van der Waals surface area contributed by atoms with Gasteiger partial charge in [-0.25, -0.2) is 0 Å². The molecule has 0 saturated heterocycles. The number of carbonyl (C=O) groups is 1. The fraction of sp³-hybridized carbons (Fsp3) is 0.533. The predicted octanol–water partition coefficient (Wildman–Crippen LogP) is 3.65. The summed E-state index contributed by atoms with van der Waals surface area (Å²) in [5.41, 5.74) is 6.67. The molecule has 1 aromatic rings. The molecule has 0 heterocycles. The van der Waals surface area contributed by atoms with Crippen LogP contribution >= 0.6 is 15.9 Å². The second-order valence-corrected chi connectivity index (χ2v) is 5.96. The van der Waals surface area contributed by atoms with Crippen molar-refractivity contribution in [3.63, 3.8) is 0 Å². The molecule has 0 aromatic heterocycles. The highest BCUT2D eigenvalue weighted by atomic mass is 79.9. The Bertz CT molecular complexity index is 407. The van der Waals surface area contributed by atoms with Crippen LogP contribution < -0.4 is 5.73 Å². The molecule has 0 amide bonds. The molecule has 0 bridgehead atoms. The normalized spacial score (nSPS) is 13.9. The van der Waals surface area contributed by atoms with Crippen LogP contribution in [0.3, 0.4) is 0 Å². The second kappa shape index (κ2) is 8.33. The number of esters is 1. The molecule has 0 aliphatic carbocycles. The summed E-state index contributed by atoms with van der Waals surface area (Å²) in [6.07, 6.45) is 2.74. The molecule has 0 fully saturated rings. The lowest BCUT2D eigenvalue weighted by atomic mass is 10.0. The van der Waals surface area contributed by atoms with Crippen molar-refractivity contribution in [2.24, 2.45) is 11.7 Å². The van der Waals surface area contributed by atoms with Crippen LogP contribution in [0, 0.1) is 5.92 Å². The molecule has 1 aromatic carbocycles. The average molecular weight is 328 g/mol. The monoisotopic (exact) mass is 327 g/mol. The molecule has 0 spiro atoms. The van der Waals surface area contributed by atoms with Crippen LogP contribution in [0.5, 0.6) is 0 Å². The first-order valence-electron chi connectivity index (χ1n) is 6.65. The summed E-state index contributed by atoms with van der Waals surface area (Å²) in [6.45, 7) is 4.22. The summed E-state index contributed by atoms with van der Waals surface area (Å²) < 4.78 is 6.30. The number of halogens is 1. The number of carbonyl (C=O) groups excluding carboxylic acids is 1. The van der Waals surface area contributed by atoms with E-state index in [2.05, 4.69) is 15.9 Å². The van der Waals surface area contributed by atoms with Crippen LogP contribution in [-0.2, 0) is 16.1 Å². The van der Waals surface area contributed by atoms with Gasteiger partial charge < -0.3 is 10.5 Å². The lowest BCUT2D eigenvalue weighted by Crippen LogP contribution is -2.17. The van der Waals surface area contributed by atoms with Crippen LogP contribution in [-0.4, -0.2) is 12.0 Å². The van der Waals surface area contributed by atoms with Crippen molar-refractivity contribution >= 4 is 21.9 Å². The Morgan fingerprint density at radius 2 is 2.11 bits per heavy atom. The van der Waals surface area contributed by atoms with Crippen LogP contribution in [0.15, 0.2) is 28.7 Å². The van der Waals surface area contributed by atoms with Gasteiger partial charge in [0.15, 0.2) is 0 Å². The van der Waals surface area contributed by atoms with Gasteiger partial charge in [0.25, 0.3) is 0 Å². The van der Waals surface area contributed by atoms with Gasteiger partial charge in [0.05, 0.1) is 5.92 Å². The molecular weight excluding hydrogens is 306 g/mol. The summed E-state index contributed by atoms with van der Waals surface area (Å²) >= 11 is 3.39. The zero-order chi connectivity index (χ0) is 14.3. The minimum atomic E-state index is -0.135. The molecule has 106 valence electrons. The number of ether oxygens (including phenoxy) is 1. The highest BCUT2D eigenvalue weighted by Gasteiger charge is 2.14. The van der Waals surface area contributed by atoms with Gasteiger partial charge in [-0.15, -0.1) is 0 Å². The van der Waals surface area contributed by atoms with E-state index < -0.39 is 0 Å². The van der Waals surface area contributed by atoms with E-state index in [1.165, 1.54) is 0 Å². The maximum atomic E-state index is 11.8. The largest absolute Gasteiger partial charge is 0.461 e. The molecule has 19 heavy (non-hydrogen) atoms. The summed E-state index contributed by atoms with van der Waals surface area (Å²) in [5, 5.41) is 0. The van der Waals surface area contributed by atoms with E-state index in [4.69, 9.17) is 10.5 Å². The fourth-order valence-corrected chi connectivity index (χ4v) is 2.23. The van der Waals surface area contributed by atoms with Gasteiger partial charge in [0, 0.05) is 10.5 Å². The van der Waals surface area contributed by atoms with E-state index >= 15 is 0 Å². The van der Waals surface area contributed by atoms with E-state index in [0.717, 1.165) is 29.3 Å². The van der Waals surface area contributed by atoms with Crippen molar-refractivity contribution in [1.29, 1.82) is 0 Å². The average Bonchev–Trinajstić information content (AvgIpc) is 2.35. The van der Waals surface area contributed by atoms with E-state index in [1.54, 1.807) is 0 Å². The van der Waals surface area contributed by atoms with Crippen molar-refractivity contribution in [3.05, 3.63) is 34.3 Å². The second-order valence-electron chi connectivity index (χ2n) is 5.05. The van der Waals surface area contributed by atoms with Gasteiger partial charge in [-0.3, -0.25) is 4.79 Å². The maximum Gasteiger partial charge on any atom is 0.308 e. The van der Waals surface area contributed by atoms with Crippen LogP contribution in [0.1, 0.15) is 38.7 Å². The van der Waals surface area contributed by atoms with Crippen molar-refractivity contribution in [1.82, 2.24) is 0 Å². The highest BCUT2D eigenvalue weighted by Crippen LogP contribution is 2.15. The van der Waals surface area contributed by atoms with Crippen molar-refractivity contribution in [3.8, 4) is 0 Å². The Labute approximate surface area is 123 Å². The van der Waals surface area contributed by atoms with E-state index in [0.29, 0.717) is 6.61 Å². The first-order chi connectivity index (χ1) is 8.99. The van der Waals surface area contributed by atoms with Crippen LogP contribution in [0.2, 0.25) is 0 Å². The number of nitrogens with two attached hydrogens (primary N) is 1. The molecule has 2 N–H and O–H groups in total. The molecule has 2 unspecified atom stereocenters. The zero-order valence-corrected chi connectivity index (χ0v) is 13.2. The van der Waals surface area contributed by atoms with Gasteiger partial charge in [-0.1, -0.05) is 41.4 Å². The van der Waals surface area contributed by atoms with Crippen LogP contribution in [0.4, 0.5) is 0 Å². The molecule has 0 saturated carbocycles. The molecule has 0 radical (unpaired) electrons. The Balaban J connectivity index is 2.30. The highest BCUT2D eigenvalue weighted by molar-refractivity contribution is 9.10. The third kappa shape index (κ3) is 6.73.